The van der Waals surface area contributed by atoms with E-state index < -0.39 is 5.41 Å². The number of hydrogen-bond acceptors (Lipinski definition) is 3. The highest BCUT2D eigenvalue weighted by molar-refractivity contribution is 5.85. The second-order valence-electron chi connectivity index (χ2n) is 6.36. The molecule has 0 fully saturated rings. The number of aromatic hydroxyl groups is 1. The molecule has 0 heterocycles. The first-order chi connectivity index (χ1) is 12.6. The van der Waals surface area contributed by atoms with Gasteiger partial charge in [0.15, 0.2) is 0 Å². The summed E-state index contributed by atoms with van der Waals surface area (Å²) in [4.78, 5) is 4.07. The van der Waals surface area contributed by atoms with Crippen molar-refractivity contribution >= 4 is 6.21 Å². The number of phenols is 1. The van der Waals surface area contributed by atoms with Gasteiger partial charge in [0.1, 0.15) is 11.5 Å². The van der Waals surface area contributed by atoms with Crippen molar-refractivity contribution in [3.05, 3.63) is 95.1 Å². The summed E-state index contributed by atoms with van der Waals surface area (Å²) in [6, 6.07) is 24.1. The molecule has 0 aromatic heterocycles. The van der Waals surface area contributed by atoms with Gasteiger partial charge in [0.25, 0.3) is 0 Å². The normalized spacial score (nSPS) is 11.7. The van der Waals surface area contributed by atoms with Gasteiger partial charge in [0.05, 0.1) is 7.11 Å². The Morgan fingerprint density at radius 3 is 1.92 bits per heavy atom. The molecule has 26 heavy (non-hydrogen) atoms. The summed E-state index contributed by atoms with van der Waals surface area (Å²) in [5.41, 5.74) is 3.06. The Balaban J connectivity index is 2.35. The predicted molar refractivity (Wildman–Crippen MR) is 107 cm³/mol. The van der Waals surface area contributed by atoms with E-state index in [0.717, 1.165) is 16.7 Å². The van der Waals surface area contributed by atoms with Crippen molar-refractivity contribution < 1.29 is 9.84 Å². The number of rotatable bonds is 5. The van der Waals surface area contributed by atoms with Crippen molar-refractivity contribution in [1.82, 2.24) is 0 Å². The lowest BCUT2D eigenvalue weighted by molar-refractivity contribution is 0.408. The van der Waals surface area contributed by atoms with Crippen molar-refractivity contribution in [3.8, 4) is 11.5 Å². The number of nitrogens with zero attached hydrogens (tertiary/aromatic N) is 1. The van der Waals surface area contributed by atoms with Crippen LogP contribution in [0.1, 0.15) is 29.2 Å². The van der Waals surface area contributed by atoms with Gasteiger partial charge in [-0.15, -0.1) is 0 Å². The Labute approximate surface area is 154 Å². The summed E-state index contributed by atoms with van der Waals surface area (Å²) in [5, 5.41) is 11.1. The summed E-state index contributed by atoms with van der Waals surface area (Å²) in [5.74, 6) is 0.900. The van der Waals surface area contributed by atoms with Crippen LogP contribution in [0.25, 0.3) is 0 Å². The summed E-state index contributed by atoms with van der Waals surface area (Å²) < 4.78 is 5.49. The molecule has 0 saturated carbocycles. The van der Waals surface area contributed by atoms with Crippen molar-refractivity contribution in [1.29, 1.82) is 0 Å². The van der Waals surface area contributed by atoms with Gasteiger partial charge in [0, 0.05) is 29.8 Å². The minimum atomic E-state index is -0.544. The fraction of sp³-hybridized carbons (Fsp3) is 0.174. The maximum atomic E-state index is 11.1. The monoisotopic (exact) mass is 345 g/mol. The molecule has 0 saturated heterocycles. The molecule has 0 amide bonds. The van der Waals surface area contributed by atoms with E-state index in [4.69, 9.17) is 4.74 Å². The third-order valence-corrected chi connectivity index (χ3v) is 4.86. The third-order valence-electron chi connectivity index (χ3n) is 4.86. The topological polar surface area (TPSA) is 41.8 Å². The Morgan fingerprint density at radius 1 is 0.923 bits per heavy atom. The molecule has 3 rings (SSSR count). The van der Waals surface area contributed by atoms with Gasteiger partial charge >= 0.3 is 0 Å². The zero-order valence-electron chi connectivity index (χ0n) is 15.3. The zero-order valence-corrected chi connectivity index (χ0v) is 15.3. The standard InChI is InChI=1S/C23H23NO2/c1-23(18-10-6-4-7-11-18,19-12-8-5-9-13-19)21-15-20(26-3)14-17(16-24-2)22(21)25/h4-16,25H,1-3H3. The van der Waals surface area contributed by atoms with Gasteiger partial charge in [-0.3, -0.25) is 4.99 Å². The summed E-state index contributed by atoms with van der Waals surface area (Å²) in [7, 11) is 3.32. The van der Waals surface area contributed by atoms with E-state index in [9.17, 15) is 5.11 Å². The number of methoxy groups -OCH3 is 1. The summed E-state index contributed by atoms with van der Waals surface area (Å²) in [6.07, 6.45) is 1.65. The van der Waals surface area contributed by atoms with Gasteiger partial charge in [0.2, 0.25) is 0 Å². The summed E-state index contributed by atoms with van der Waals surface area (Å²) in [6.45, 7) is 2.12. The Hall–Kier alpha value is -3.07. The molecule has 0 spiro atoms. The minimum absolute atomic E-state index is 0.214. The highest BCUT2D eigenvalue weighted by atomic mass is 16.5. The molecule has 3 nitrogen and oxygen atoms in total. The van der Waals surface area contributed by atoms with Crippen molar-refractivity contribution in [2.24, 2.45) is 4.99 Å². The van der Waals surface area contributed by atoms with Crippen LogP contribution < -0.4 is 4.74 Å². The molecule has 0 aliphatic carbocycles. The van der Waals surface area contributed by atoms with Crippen LogP contribution in [0.4, 0.5) is 0 Å². The Bertz CT molecular complexity index is 863. The molecule has 3 aromatic rings. The molecule has 0 radical (unpaired) electrons. The van der Waals surface area contributed by atoms with Gasteiger partial charge in [-0.1, -0.05) is 60.7 Å². The second-order valence-corrected chi connectivity index (χ2v) is 6.36. The van der Waals surface area contributed by atoms with Crippen molar-refractivity contribution in [3.63, 3.8) is 0 Å². The van der Waals surface area contributed by atoms with Crippen LogP contribution in [-0.2, 0) is 5.41 Å². The van der Waals surface area contributed by atoms with E-state index in [2.05, 4.69) is 36.2 Å². The van der Waals surface area contributed by atoms with Crippen LogP contribution in [0.15, 0.2) is 77.8 Å². The molecular weight excluding hydrogens is 322 g/mol. The van der Waals surface area contributed by atoms with Gasteiger partial charge < -0.3 is 9.84 Å². The average molecular weight is 345 g/mol. The zero-order chi connectivity index (χ0) is 18.6. The highest BCUT2D eigenvalue weighted by Crippen LogP contribution is 2.45. The van der Waals surface area contributed by atoms with Crippen LogP contribution in [0.5, 0.6) is 11.5 Å². The lowest BCUT2D eigenvalue weighted by atomic mass is 9.70. The largest absolute Gasteiger partial charge is 0.507 e. The molecule has 1 N–H and O–H groups in total. The minimum Gasteiger partial charge on any atom is -0.507 e. The number of benzene rings is 3. The molecule has 3 heteroatoms. The number of ether oxygens (including phenoxy) is 1. The van der Waals surface area contributed by atoms with Gasteiger partial charge in [-0.2, -0.15) is 0 Å². The predicted octanol–water partition coefficient (Wildman–Crippen LogP) is 4.80. The molecule has 0 unspecified atom stereocenters. The second kappa shape index (κ2) is 7.44. The SMILES string of the molecule is CN=Cc1cc(OC)cc(C(C)(c2ccccc2)c2ccccc2)c1O. The van der Waals surface area contributed by atoms with E-state index in [0.29, 0.717) is 11.3 Å². The fourth-order valence-electron chi connectivity index (χ4n) is 3.39. The first-order valence-electron chi connectivity index (χ1n) is 8.56. The fourth-order valence-corrected chi connectivity index (χ4v) is 3.39. The van der Waals surface area contributed by atoms with Gasteiger partial charge in [-0.05, 0) is 30.2 Å². The van der Waals surface area contributed by atoms with Crippen LogP contribution in [0.3, 0.4) is 0 Å². The van der Waals surface area contributed by atoms with Crippen molar-refractivity contribution in [2.45, 2.75) is 12.3 Å². The number of phenolic OH excluding ortho intramolecular Hbond substituents is 1. The molecule has 132 valence electrons. The Kier molecular flexibility index (Phi) is 5.08. The summed E-state index contributed by atoms with van der Waals surface area (Å²) >= 11 is 0. The molecular formula is C23H23NO2. The van der Waals surface area contributed by atoms with Crippen molar-refractivity contribution in [2.75, 3.05) is 14.2 Å². The van der Waals surface area contributed by atoms with E-state index in [-0.39, 0.29) is 5.75 Å². The van der Waals surface area contributed by atoms with Gasteiger partial charge in [-0.25, -0.2) is 0 Å². The maximum absolute atomic E-state index is 11.1. The molecule has 0 aliphatic heterocycles. The smallest absolute Gasteiger partial charge is 0.129 e. The van der Waals surface area contributed by atoms with E-state index in [1.54, 1.807) is 26.4 Å². The third kappa shape index (κ3) is 3.08. The average Bonchev–Trinajstić information content (AvgIpc) is 2.70. The first kappa shape index (κ1) is 17.7. The molecule has 0 atom stereocenters. The Morgan fingerprint density at radius 2 is 1.46 bits per heavy atom. The lowest BCUT2D eigenvalue weighted by Crippen LogP contribution is -2.25. The van der Waals surface area contributed by atoms with E-state index in [1.165, 1.54) is 0 Å². The molecule has 0 aliphatic rings. The molecule has 0 bridgehead atoms. The molecule has 3 aromatic carbocycles. The number of aliphatic imine (C=N–C) groups is 1. The number of hydrogen-bond donors (Lipinski definition) is 1. The highest BCUT2D eigenvalue weighted by Gasteiger charge is 2.34. The van der Waals surface area contributed by atoms with E-state index >= 15 is 0 Å². The lowest BCUT2D eigenvalue weighted by Gasteiger charge is -2.33. The van der Waals surface area contributed by atoms with Crippen LogP contribution in [0.2, 0.25) is 0 Å². The maximum Gasteiger partial charge on any atom is 0.129 e. The van der Waals surface area contributed by atoms with Crippen LogP contribution in [-0.4, -0.2) is 25.5 Å². The van der Waals surface area contributed by atoms with E-state index in [1.807, 2.05) is 42.5 Å². The van der Waals surface area contributed by atoms with Crippen LogP contribution in [0, 0.1) is 0 Å². The quantitative estimate of drug-likeness (QED) is 0.533. The first-order valence-corrected chi connectivity index (χ1v) is 8.56. The van der Waals surface area contributed by atoms with Crippen LogP contribution >= 0.6 is 0 Å².